The number of nitrogens with zero attached hydrogens (tertiary/aromatic N) is 5. The van der Waals surface area contributed by atoms with Crippen LogP contribution in [0.25, 0.3) is 16.9 Å². The Kier molecular flexibility index (Phi) is 8.52. The fourth-order valence-corrected chi connectivity index (χ4v) is 4.20. The first-order chi connectivity index (χ1) is 19.3. The number of aromatic nitrogens is 4. The first-order valence-electron chi connectivity index (χ1n) is 12.5. The molecular weight excluding hydrogens is 562 g/mol. The molecule has 0 bridgehead atoms. The van der Waals surface area contributed by atoms with Crippen LogP contribution < -0.4 is 14.8 Å². The highest BCUT2D eigenvalue weighted by Gasteiger charge is 2.49. The van der Waals surface area contributed by atoms with Crippen LogP contribution >= 0.6 is 0 Å². The minimum atomic E-state index is -5.11. The number of imidazole rings is 1. The van der Waals surface area contributed by atoms with Crippen LogP contribution in [0, 0.1) is 6.92 Å². The molecule has 2 amide bonds. The van der Waals surface area contributed by atoms with Crippen molar-refractivity contribution in [2.75, 3.05) is 27.4 Å². The second-order valence-electron chi connectivity index (χ2n) is 9.36. The van der Waals surface area contributed by atoms with E-state index in [1.54, 1.807) is 22.8 Å². The summed E-state index contributed by atoms with van der Waals surface area (Å²) in [5, 5.41) is 1.67. The van der Waals surface area contributed by atoms with Crippen LogP contribution in [0.1, 0.15) is 37.2 Å². The number of hydrogen-bond donors (Lipinski definition) is 1. The average Bonchev–Trinajstić information content (AvgIpc) is 3.65. The smallest absolute Gasteiger partial charge is 0.414 e. The standard InChI is InChI=1S/C25H28F6N6O4/c1-5-37(23(38)35-19(24(26,27)28)12-41-14-6-7-14)20(25(29,30)31)16-8-15(18(39-3)9-32-16)17-11-36-10-13(2)33-21(36)22(34-17)40-4/h8-11,14,19-20H,5-7,12H2,1-4H3,(H,35,38). The molecule has 1 N–H and O–H groups in total. The molecule has 3 aromatic rings. The maximum absolute atomic E-state index is 14.5. The quantitative estimate of drug-likeness (QED) is 0.337. The molecule has 1 saturated carbocycles. The van der Waals surface area contributed by atoms with E-state index in [0.717, 1.165) is 12.3 Å². The minimum Gasteiger partial charge on any atom is -0.494 e. The van der Waals surface area contributed by atoms with E-state index in [9.17, 15) is 31.1 Å². The SMILES string of the molecule is CCN(C(=O)NC(COC1CC1)C(F)(F)F)C(c1cc(-c2cn3cc(C)nc3c(OC)n2)c(OC)cn1)C(F)(F)F. The molecule has 2 atom stereocenters. The molecule has 2 unspecified atom stereocenters. The predicted molar refractivity (Wildman–Crippen MR) is 133 cm³/mol. The number of carbonyl (C=O) groups excluding carboxylic acids is 1. The van der Waals surface area contributed by atoms with E-state index < -0.39 is 49.3 Å². The molecule has 16 heteroatoms. The number of urea groups is 1. The van der Waals surface area contributed by atoms with Gasteiger partial charge in [-0.1, -0.05) is 0 Å². The highest BCUT2D eigenvalue weighted by molar-refractivity contribution is 5.76. The number of fused-ring (bicyclic) bond motifs is 1. The van der Waals surface area contributed by atoms with E-state index in [2.05, 4.69) is 15.0 Å². The van der Waals surface area contributed by atoms with Crippen molar-refractivity contribution in [1.29, 1.82) is 0 Å². The van der Waals surface area contributed by atoms with Gasteiger partial charge in [0.15, 0.2) is 6.04 Å². The Balaban J connectivity index is 1.73. The Morgan fingerprint density at radius 2 is 1.83 bits per heavy atom. The van der Waals surface area contributed by atoms with E-state index in [4.69, 9.17) is 14.2 Å². The summed E-state index contributed by atoms with van der Waals surface area (Å²) in [6.45, 7) is 1.45. The molecule has 0 aromatic carbocycles. The van der Waals surface area contributed by atoms with Crippen LogP contribution in [0.15, 0.2) is 24.7 Å². The third kappa shape index (κ3) is 6.74. The van der Waals surface area contributed by atoms with Gasteiger partial charge in [0.2, 0.25) is 5.65 Å². The summed E-state index contributed by atoms with van der Waals surface area (Å²) in [4.78, 5) is 25.7. The molecule has 1 fully saturated rings. The van der Waals surface area contributed by atoms with Gasteiger partial charge in [-0.3, -0.25) is 4.98 Å². The molecule has 1 aliphatic carbocycles. The van der Waals surface area contributed by atoms with Crippen LogP contribution in [0.5, 0.6) is 11.6 Å². The number of rotatable bonds is 10. The second-order valence-corrected chi connectivity index (χ2v) is 9.36. The monoisotopic (exact) mass is 590 g/mol. The van der Waals surface area contributed by atoms with Crippen molar-refractivity contribution in [1.82, 2.24) is 29.6 Å². The topological polar surface area (TPSA) is 103 Å². The van der Waals surface area contributed by atoms with Crippen LogP contribution in [-0.2, 0) is 4.74 Å². The lowest BCUT2D eigenvalue weighted by Gasteiger charge is -2.34. The summed E-state index contributed by atoms with van der Waals surface area (Å²) in [5.41, 5.74) is 0.543. The molecule has 0 aliphatic heterocycles. The minimum absolute atomic E-state index is 0.0577. The third-order valence-corrected chi connectivity index (χ3v) is 6.32. The summed E-state index contributed by atoms with van der Waals surface area (Å²) in [6.07, 6.45) is -5.08. The maximum atomic E-state index is 14.5. The van der Waals surface area contributed by atoms with Crippen molar-refractivity contribution in [2.45, 2.75) is 57.2 Å². The Morgan fingerprint density at radius 1 is 1.12 bits per heavy atom. The zero-order chi connectivity index (χ0) is 30.1. The number of aryl methyl sites for hydroxylation is 1. The van der Waals surface area contributed by atoms with Gasteiger partial charge in [-0.25, -0.2) is 14.8 Å². The molecule has 3 heterocycles. The van der Waals surface area contributed by atoms with E-state index in [-0.39, 0.29) is 33.9 Å². The Bertz CT molecular complexity index is 1390. The number of carbonyl (C=O) groups is 1. The highest BCUT2D eigenvalue weighted by Crippen LogP contribution is 2.40. The molecule has 3 aromatic heterocycles. The van der Waals surface area contributed by atoms with E-state index in [1.165, 1.54) is 27.3 Å². The summed E-state index contributed by atoms with van der Waals surface area (Å²) >= 11 is 0. The third-order valence-electron chi connectivity index (χ3n) is 6.32. The number of pyridine rings is 1. The van der Waals surface area contributed by atoms with Gasteiger partial charge in [0, 0.05) is 24.5 Å². The molecule has 10 nitrogen and oxygen atoms in total. The van der Waals surface area contributed by atoms with Crippen LogP contribution in [0.2, 0.25) is 0 Å². The zero-order valence-corrected chi connectivity index (χ0v) is 22.5. The number of methoxy groups -OCH3 is 2. The summed E-state index contributed by atoms with van der Waals surface area (Å²) in [7, 11) is 2.64. The van der Waals surface area contributed by atoms with Crippen molar-refractivity contribution in [2.24, 2.45) is 0 Å². The molecule has 0 radical (unpaired) electrons. The van der Waals surface area contributed by atoms with E-state index in [1.807, 2.05) is 0 Å². The number of ether oxygens (including phenoxy) is 3. The first-order valence-corrected chi connectivity index (χ1v) is 12.5. The molecule has 224 valence electrons. The zero-order valence-electron chi connectivity index (χ0n) is 22.5. The van der Waals surface area contributed by atoms with Gasteiger partial charge >= 0.3 is 18.4 Å². The van der Waals surface area contributed by atoms with Crippen LogP contribution in [-0.4, -0.2) is 82.2 Å². The molecule has 41 heavy (non-hydrogen) atoms. The number of halogens is 6. The molecule has 0 spiro atoms. The van der Waals surface area contributed by atoms with Gasteiger partial charge in [-0.05, 0) is 32.8 Å². The normalized spacial score (nSPS) is 15.5. The van der Waals surface area contributed by atoms with Gasteiger partial charge in [0.1, 0.15) is 11.8 Å². The summed E-state index contributed by atoms with van der Waals surface area (Å²) < 4.78 is 102. The number of nitrogens with one attached hydrogen (secondary N) is 1. The van der Waals surface area contributed by atoms with Gasteiger partial charge in [0.05, 0.1) is 50.2 Å². The number of alkyl halides is 6. The lowest BCUT2D eigenvalue weighted by atomic mass is 10.1. The second kappa shape index (κ2) is 11.6. The van der Waals surface area contributed by atoms with Crippen molar-refractivity contribution in [3.8, 4) is 22.9 Å². The van der Waals surface area contributed by atoms with Gasteiger partial charge in [0.25, 0.3) is 5.88 Å². The van der Waals surface area contributed by atoms with Gasteiger partial charge in [-0.15, -0.1) is 0 Å². The van der Waals surface area contributed by atoms with Crippen molar-refractivity contribution < 1.29 is 45.3 Å². The van der Waals surface area contributed by atoms with E-state index >= 15 is 0 Å². The van der Waals surface area contributed by atoms with Crippen LogP contribution in [0.3, 0.4) is 0 Å². The van der Waals surface area contributed by atoms with Gasteiger partial charge in [-0.2, -0.15) is 26.3 Å². The Morgan fingerprint density at radius 3 is 2.39 bits per heavy atom. The molecular formula is C25H28F6N6O4. The highest BCUT2D eigenvalue weighted by atomic mass is 19.4. The first kappa shape index (κ1) is 30.1. The lowest BCUT2D eigenvalue weighted by Crippen LogP contribution is -2.55. The number of amides is 2. The average molecular weight is 591 g/mol. The molecule has 0 saturated heterocycles. The van der Waals surface area contributed by atoms with Crippen LogP contribution in [0.4, 0.5) is 31.1 Å². The fourth-order valence-electron chi connectivity index (χ4n) is 4.20. The van der Waals surface area contributed by atoms with Crippen molar-refractivity contribution in [3.05, 3.63) is 36.0 Å². The fraction of sp³-hybridized carbons (Fsp3) is 0.520. The van der Waals surface area contributed by atoms with Crippen molar-refractivity contribution in [3.63, 3.8) is 0 Å². The van der Waals surface area contributed by atoms with Gasteiger partial charge < -0.3 is 28.8 Å². The number of hydrogen-bond acceptors (Lipinski definition) is 7. The predicted octanol–water partition coefficient (Wildman–Crippen LogP) is 4.86. The summed E-state index contributed by atoms with van der Waals surface area (Å²) in [5.74, 6) is 0.145. The molecule has 1 aliphatic rings. The Labute approximate surface area is 230 Å². The van der Waals surface area contributed by atoms with E-state index in [0.29, 0.717) is 24.2 Å². The van der Waals surface area contributed by atoms with Crippen molar-refractivity contribution >= 4 is 11.7 Å². The lowest BCUT2D eigenvalue weighted by molar-refractivity contribution is -0.182. The maximum Gasteiger partial charge on any atom is 0.414 e. The Hall–Kier alpha value is -3.82. The molecule has 4 rings (SSSR count). The largest absolute Gasteiger partial charge is 0.494 e. The summed E-state index contributed by atoms with van der Waals surface area (Å²) in [6, 6.07) is -5.75.